The van der Waals surface area contributed by atoms with E-state index in [0.29, 0.717) is 12.1 Å². The highest BCUT2D eigenvalue weighted by molar-refractivity contribution is 5.86. The standard InChI is InChI=1S/C20H24F3N3O3/c21-20(22,23)15-10-14(11-2-3-11)26(25-15)9-1-8-24-18(27)16-12-4-6-13(7-5-12)17(16)19(28)29/h4,6,10-13,16-17H,1-3,5,7-9H2,(H,24,27)(H,28,29)/t12-,13+,16+,17+/m1/s1. The van der Waals surface area contributed by atoms with Crippen LogP contribution < -0.4 is 5.32 Å². The lowest BCUT2D eigenvalue weighted by molar-refractivity contribution is -0.153. The lowest BCUT2D eigenvalue weighted by Crippen LogP contribution is -2.49. The number of hydrogen-bond acceptors (Lipinski definition) is 3. The Kier molecular flexibility index (Phi) is 5.16. The fourth-order valence-electron chi connectivity index (χ4n) is 4.70. The molecule has 29 heavy (non-hydrogen) atoms. The highest BCUT2D eigenvalue weighted by atomic mass is 19.4. The lowest BCUT2D eigenvalue weighted by atomic mass is 9.62. The van der Waals surface area contributed by atoms with Crippen LogP contribution in [0.5, 0.6) is 0 Å². The van der Waals surface area contributed by atoms with Crippen molar-refractivity contribution in [3.05, 3.63) is 29.6 Å². The maximum atomic E-state index is 13.0. The maximum Gasteiger partial charge on any atom is 0.435 e. The van der Waals surface area contributed by atoms with Crippen LogP contribution in [0.15, 0.2) is 18.2 Å². The molecule has 2 bridgehead atoms. The number of aryl methyl sites for hydroxylation is 1. The Morgan fingerprint density at radius 3 is 2.34 bits per heavy atom. The third-order valence-electron chi connectivity index (χ3n) is 6.28. The predicted octanol–water partition coefficient (Wildman–Crippen LogP) is 3.20. The number of carboxylic acid groups (broad SMARTS) is 1. The van der Waals surface area contributed by atoms with Gasteiger partial charge in [-0.25, -0.2) is 0 Å². The molecule has 0 unspecified atom stereocenters. The number of amides is 1. The van der Waals surface area contributed by atoms with E-state index in [4.69, 9.17) is 0 Å². The first kappa shape index (κ1) is 20.0. The molecule has 5 rings (SSSR count). The molecule has 1 amide bonds. The average Bonchev–Trinajstić information content (AvgIpc) is 3.43. The van der Waals surface area contributed by atoms with E-state index in [1.807, 2.05) is 12.2 Å². The third kappa shape index (κ3) is 4.04. The number of nitrogens with one attached hydrogen (secondary N) is 1. The lowest BCUT2D eigenvalue weighted by Gasteiger charge is -2.41. The van der Waals surface area contributed by atoms with E-state index >= 15 is 0 Å². The highest BCUT2D eigenvalue weighted by Crippen LogP contribution is 2.45. The molecule has 0 aromatic carbocycles. The minimum atomic E-state index is -4.47. The number of nitrogens with zero attached hydrogens (tertiary/aromatic N) is 2. The molecule has 2 N–H and O–H groups in total. The molecule has 1 aromatic rings. The number of aromatic nitrogens is 2. The van der Waals surface area contributed by atoms with Gasteiger partial charge in [-0.3, -0.25) is 14.3 Å². The van der Waals surface area contributed by atoms with Crippen molar-refractivity contribution >= 4 is 11.9 Å². The van der Waals surface area contributed by atoms with Crippen molar-refractivity contribution in [2.45, 2.75) is 50.7 Å². The molecule has 4 aliphatic carbocycles. The van der Waals surface area contributed by atoms with Crippen LogP contribution in [-0.2, 0) is 22.3 Å². The summed E-state index contributed by atoms with van der Waals surface area (Å²) in [7, 11) is 0. The second-order valence-electron chi connectivity index (χ2n) is 8.27. The smallest absolute Gasteiger partial charge is 0.435 e. The van der Waals surface area contributed by atoms with Gasteiger partial charge in [0, 0.05) is 24.7 Å². The monoisotopic (exact) mass is 411 g/mol. The van der Waals surface area contributed by atoms with E-state index < -0.39 is 29.7 Å². The topological polar surface area (TPSA) is 84.2 Å². The van der Waals surface area contributed by atoms with Crippen LogP contribution in [0, 0.1) is 23.7 Å². The van der Waals surface area contributed by atoms with Crippen molar-refractivity contribution in [2.24, 2.45) is 23.7 Å². The largest absolute Gasteiger partial charge is 0.481 e. The minimum absolute atomic E-state index is 0.0666. The van der Waals surface area contributed by atoms with Gasteiger partial charge in [-0.05, 0) is 50.0 Å². The van der Waals surface area contributed by atoms with E-state index in [2.05, 4.69) is 10.4 Å². The van der Waals surface area contributed by atoms with Crippen molar-refractivity contribution in [3.63, 3.8) is 0 Å². The van der Waals surface area contributed by atoms with E-state index in [-0.39, 0.29) is 36.8 Å². The van der Waals surface area contributed by atoms with E-state index in [1.54, 1.807) is 0 Å². The highest BCUT2D eigenvalue weighted by Gasteiger charge is 2.48. The predicted molar refractivity (Wildman–Crippen MR) is 96.8 cm³/mol. The van der Waals surface area contributed by atoms with Crippen molar-refractivity contribution < 1.29 is 27.9 Å². The SMILES string of the molecule is O=C(NCCCn1nc(C(F)(F)F)cc1C1CC1)[C@@H]1[C@@H](C(=O)O)[C@H]2C=C[C@@H]1CC2. The fourth-order valence-corrected chi connectivity index (χ4v) is 4.70. The maximum absolute atomic E-state index is 13.0. The van der Waals surface area contributed by atoms with Gasteiger partial charge in [-0.15, -0.1) is 0 Å². The van der Waals surface area contributed by atoms with Crippen molar-refractivity contribution in [2.75, 3.05) is 6.54 Å². The number of aliphatic carboxylic acids is 1. The van der Waals surface area contributed by atoms with Crippen LogP contribution in [0.3, 0.4) is 0 Å². The second kappa shape index (κ2) is 7.50. The van der Waals surface area contributed by atoms with E-state index in [9.17, 15) is 27.9 Å². The van der Waals surface area contributed by atoms with Gasteiger partial charge in [-0.1, -0.05) is 12.2 Å². The summed E-state index contributed by atoms with van der Waals surface area (Å²) in [5.74, 6) is -2.57. The Labute approximate surface area is 166 Å². The number of alkyl halides is 3. The molecule has 4 aliphatic rings. The fraction of sp³-hybridized carbons (Fsp3) is 0.650. The van der Waals surface area contributed by atoms with Crippen LogP contribution in [0.1, 0.15) is 49.4 Å². The van der Waals surface area contributed by atoms with Gasteiger partial charge < -0.3 is 10.4 Å². The second-order valence-corrected chi connectivity index (χ2v) is 8.27. The molecule has 6 nitrogen and oxygen atoms in total. The molecule has 1 aromatic heterocycles. The Morgan fingerprint density at radius 2 is 1.79 bits per heavy atom. The molecule has 2 fully saturated rings. The summed E-state index contributed by atoms with van der Waals surface area (Å²) in [6, 6.07) is 1.12. The van der Waals surface area contributed by atoms with Crippen molar-refractivity contribution in [3.8, 4) is 0 Å². The van der Waals surface area contributed by atoms with Gasteiger partial charge in [0.15, 0.2) is 5.69 Å². The molecule has 0 radical (unpaired) electrons. The minimum Gasteiger partial charge on any atom is -0.481 e. The summed E-state index contributed by atoms with van der Waals surface area (Å²) in [4.78, 5) is 24.3. The van der Waals surface area contributed by atoms with Crippen molar-refractivity contribution in [1.29, 1.82) is 0 Å². The number of rotatable bonds is 7. The number of carboxylic acids is 1. The number of hydrogen-bond donors (Lipinski definition) is 2. The number of carbonyl (C=O) groups excluding carboxylic acids is 1. The third-order valence-corrected chi connectivity index (χ3v) is 6.28. The number of carbonyl (C=O) groups is 2. The van der Waals surface area contributed by atoms with Gasteiger partial charge in [0.2, 0.25) is 5.91 Å². The molecule has 4 atom stereocenters. The Hall–Kier alpha value is -2.32. The van der Waals surface area contributed by atoms with Gasteiger partial charge in [0.05, 0.1) is 11.8 Å². The molecule has 1 heterocycles. The zero-order chi connectivity index (χ0) is 20.8. The van der Waals surface area contributed by atoms with E-state index in [1.165, 1.54) is 4.68 Å². The number of halogens is 3. The number of allylic oxidation sites excluding steroid dienone is 2. The molecular weight excluding hydrogens is 387 g/mol. The normalized spacial score (nSPS) is 28.5. The van der Waals surface area contributed by atoms with Gasteiger partial charge in [0.1, 0.15) is 0 Å². The van der Waals surface area contributed by atoms with Crippen LogP contribution in [0.4, 0.5) is 13.2 Å². The Bertz CT molecular complexity index is 829. The van der Waals surface area contributed by atoms with Gasteiger partial charge >= 0.3 is 12.1 Å². The molecule has 2 saturated carbocycles. The Morgan fingerprint density at radius 1 is 1.14 bits per heavy atom. The molecular formula is C20H24F3N3O3. The van der Waals surface area contributed by atoms with Crippen LogP contribution >= 0.6 is 0 Å². The summed E-state index contributed by atoms with van der Waals surface area (Å²) in [5.41, 5.74) is -0.276. The van der Waals surface area contributed by atoms with E-state index in [0.717, 1.165) is 31.7 Å². The Balaban J connectivity index is 1.34. The van der Waals surface area contributed by atoms with Crippen LogP contribution in [0.25, 0.3) is 0 Å². The first-order valence-corrected chi connectivity index (χ1v) is 10.1. The zero-order valence-corrected chi connectivity index (χ0v) is 15.9. The average molecular weight is 411 g/mol. The van der Waals surface area contributed by atoms with Crippen LogP contribution in [0.2, 0.25) is 0 Å². The molecule has 0 aliphatic heterocycles. The molecule has 158 valence electrons. The van der Waals surface area contributed by atoms with Gasteiger partial charge in [-0.2, -0.15) is 18.3 Å². The molecule has 0 spiro atoms. The van der Waals surface area contributed by atoms with Crippen molar-refractivity contribution in [1.82, 2.24) is 15.1 Å². The summed E-state index contributed by atoms with van der Waals surface area (Å²) in [5, 5.41) is 16.0. The molecule has 0 saturated heterocycles. The quantitative estimate of drug-likeness (QED) is 0.533. The summed E-state index contributed by atoms with van der Waals surface area (Å²) in [6.07, 6.45) is 3.14. The zero-order valence-electron chi connectivity index (χ0n) is 15.9. The first-order valence-electron chi connectivity index (χ1n) is 10.1. The molecule has 9 heteroatoms. The van der Waals surface area contributed by atoms with Crippen LogP contribution in [-0.4, -0.2) is 33.3 Å². The van der Waals surface area contributed by atoms with Gasteiger partial charge in [0.25, 0.3) is 0 Å². The number of fused-ring (bicyclic) bond motifs is 2. The summed E-state index contributed by atoms with van der Waals surface area (Å²) >= 11 is 0. The first-order chi connectivity index (χ1) is 13.8. The summed E-state index contributed by atoms with van der Waals surface area (Å²) < 4.78 is 40.3. The summed E-state index contributed by atoms with van der Waals surface area (Å²) in [6.45, 7) is 0.551.